The Morgan fingerprint density at radius 3 is 2.83 bits per heavy atom. The Hall–Kier alpha value is -1.49. The number of rotatable bonds is 7. The lowest BCUT2D eigenvalue weighted by Gasteiger charge is -2.12. The molecule has 0 amide bonds. The number of alkyl halides is 1. The van der Waals surface area contributed by atoms with E-state index in [2.05, 4.69) is 5.32 Å². The van der Waals surface area contributed by atoms with E-state index in [-0.39, 0.29) is 13.5 Å². The average molecular weight is 255 g/mol. The van der Waals surface area contributed by atoms with Crippen LogP contribution in [0.2, 0.25) is 0 Å². The van der Waals surface area contributed by atoms with Gasteiger partial charge in [-0.3, -0.25) is 4.39 Å². The van der Waals surface area contributed by atoms with E-state index in [9.17, 15) is 4.39 Å². The van der Waals surface area contributed by atoms with Crippen LogP contribution in [0, 0.1) is 0 Å². The molecule has 0 atom stereocenters. The molecule has 4 nitrogen and oxygen atoms in total. The lowest BCUT2D eigenvalue weighted by molar-refractivity contribution is 0.173. The van der Waals surface area contributed by atoms with Gasteiger partial charge in [0.2, 0.25) is 6.79 Å². The number of hydrogen-bond acceptors (Lipinski definition) is 4. The third-order valence-corrected chi connectivity index (χ3v) is 2.66. The molecule has 0 saturated carbocycles. The van der Waals surface area contributed by atoms with Crippen LogP contribution >= 0.6 is 0 Å². The molecule has 5 heteroatoms. The Labute approximate surface area is 106 Å². The molecule has 18 heavy (non-hydrogen) atoms. The first-order valence-electron chi connectivity index (χ1n) is 6.17. The quantitative estimate of drug-likeness (QED) is 0.759. The van der Waals surface area contributed by atoms with Crippen LogP contribution in [-0.4, -0.2) is 26.6 Å². The number of hydrogen-bond donors (Lipinski definition) is 1. The van der Waals surface area contributed by atoms with Crippen molar-refractivity contribution in [2.75, 3.05) is 26.6 Å². The summed E-state index contributed by atoms with van der Waals surface area (Å²) in [6, 6.07) is 3.73. The van der Waals surface area contributed by atoms with Crippen molar-refractivity contribution in [1.82, 2.24) is 5.32 Å². The first-order valence-corrected chi connectivity index (χ1v) is 6.17. The summed E-state index contributed by atoms with van der Waals surface area (Å²) >= 11 is 0. The molecule has 0 aromatic heterocycles. The second-order valence-electron chi connectivity index (χ2n) is 3.98. The van der Waals surface area contributed by atoms with Gasteiger partial charge >= 0.3 is 0 Å². The van der Waals surface area contributed by atoms with E-state index < -0.39 is 0 Å². The summed E-state index contributed by atoms with van der Waals surface area (Å²) < 4.78 is 28.3. The summed E-state index contributed by atoms with van der Waals surface area (Å²) in [4.78, 5) is 0. The molecule has 0 fully saturated rings. The van der Waals surface area contributed by atoms with Gasteiger partial charge in [-0.15, -0.1) is 0 Å². The molecule has 0 bridgehead atoms. The summed E-state index contributed by atoms with van der Waals surface area (Å²) in [7, 11) is 0. The van der Waals surface area contributed by atoms with Gasteiger partial charge in [-0.1, -0.05) is 6.92 Å². The normalized spacial score (nSPS) is 12.8. The van der Waals surface area contributed by atoms with Crippen LogP contribution in [0.1, 0.15) is 18.9 Å². The summed E-state index contributed by atoms with van der Waals surface area (Å²) in [5, 5.41) is 3.24. The second-order valence-corrected chi connectivity index (χ2v) is 3.98. The summed E-state index contributed by atoms with van der Waals surface area (Å²) in [5.74, 6) is 2.15. The highest BCUT2D eigenvalue weighted by atomic mass is 19.1. The van der Waals surface area contributed by atoms with E-state index in [1.807, 2.05) is 19.1 Å². The van der Waals surface area contributed by atoms with Crippen molar-refractivity contribution in [2.45, 2.75) is 19.9 Å². The van der Waals surface area contributed by atoms with Crippen molar-refractivity contribution in [2.24, 2.45) is 0 Å². The van der Waals surface area contributed by atoms with Crippen molar-refractivity contribution in [3.05, 3.63) is 17.7 Å². The highest BCUT2D eigenvalue weighted by molar-refractivity contribution is 5.51. The second kappa shape index (κ2) is 6.44. The van der Waals surface area contributed by atoms with E-state index >= 15 is 0 Å². The van der Waals surface area contributed by atoms with Crippen LogP contribution in [0.25, 0.3) is 0 Å². The minimum atomic E-state index is -0.368. The number of nitrogens with one attached hydrogen (secondary N) is 1. The summed E-state index contributed by atoms with van der Waals surface area (Å²) in [5.41, 5.74) is 1.000. The lowest BCUT2D eigenvalue weighted by Crippen LogP contribution is -2.13. The predicted molar refractivity (Wildman–Crippen MR) is 66.0 cm³/mol. The molecule has 1 aromatic rings. The van der Waals surface area contributed by atoms with Gasteiger partial charge in [0.15, 0.2) is 11.5 Å². The minimum absolute atomic E-state index is 0.240. The van der Waals surface area contributed by atoms with Crippen LogP contribution < -0.4 is 19.5 Å². The molecular formula is C13H18FNO3. The minimum Gasteiger partial charge on any atom is -0.493 e. The van der Waals surface area contributed by atoms with Crippen molar-refractivity contribution < 1.29 is 18.6 Å². The average Bonchev–Trinajstić information content (AvgIpc) is 2.83. The highest BCUT2D eigenvalue weighted by Crippen LogP contribution is 2.38. The van der Waals surface area contributed by atoms with Crippen molar-refractivity contribution in [3.8, 4) is 17.2 Å². The standard InChI is InChI=1S/C13H18FNO3/c1-2-15-8-10-6-12-13(18-9-17-12)7-11(10)16-5-3-4-14/h6-7,15H,2-5,8-9H2,1H3. The lowest BCUT2D eigenvalue weighted by atomic mass is 10.1. The topological polar surface area (TPSA) is 39.7 Å². The van der Waals surface area contributed by atoms with Gasteiger partial charge in [0, 0.05) is 24.6 Å². The van der Waals surface area contributed by atoms with Crippen LogP contribution in [0.3, 0.4) is 0 Å². The van der Waals surface area contributed by atoms with Crippen LogP contribution in [0.4, 0.5) is 4.39 Å². The van der Waals surface area contributed by atoms with Gasteiger partial charge in [0.05, 0.1) is 13.3 Å². The molecule has 0 unspecified atom stereocenters. The Morgan fingerprint density at radius 1 is 1.33 bits per heavy atom. The zero-order valence-electron chi connectivity index (χ0n) is 10.5. The molecule has 1 aromatic carbocycles. The van der Waals surface area contributed by atoms with Gasteiger partial charge in [-0.25, -0.2) is 0 Å². The Kier molecular flexibility index (Phi) is 4.64. The molecule has 1 heterocycles. The fraction of sp³-hybridized carbons (Fsp3) is 0.538. The number of fused-ring (bicyclic) bond motifs is 1. The molecule has 100 valence electrons. The highest BCUT2D eigenvalue weighted by Gasteiger charge is 2.17. The van der Waals surface area contributed by atoms with E-state index in [0.29, 0.717) is 25.3 Å². The van der Waals surface area contributed by atoms with Gasteiger partial charge in [-0.2, -0.15) is 0 Å². The summed E-state index contributed by atoms with van der Waals surface area (Å²) in [6.07, 6.45) is 0.398. The number of benzene rings is 1. The molecule has 1 aliphatic heterocycles. The molecule has 2 rings (SSSR count). The molecule has 1 N–H and O–H groups in total. The van der Waals surface area contributed by atoms with E-state index in [0.717, 1.165) is 23.6 Å². The molecule has 0 spiro atoms. The first-order chi connectivity index (χ1) is 8.85. The monoisotopic (exact) mass is 255 g/mol. The molecular weight excluding hydrogens is 237 g/mol. The van der Waals surface area contributed by atoms with Gasteiger partial charge in [0.25, 0.3) is 0 Å². The third-order valence-electron chi connectivity index (χ3n) is 2.66. The first kappa shape index (κ1) is 13.0. The molecule has 1 aliphatic rings. The largest absolute Gasteiger partial charge is 0.493 e. The SMILES string of the molecule is CCNCc1cc2c(cc1OCCCF)OCO2. The van der Waals surface area contributed by atoms with Crippen molar-refractivity contribution in [1.29, 1.82) is 0 Å². The van der Waals surface area contributed by atoms with Crippen molar-refractivity contribution in [3.63, 3.8) is 0 Å². The van der Waals surface area contributed by atoms with Gasteiger partial charge in [-0.05, 0) is 12.6 Å². The van der Waals surface area contributed by atoms with E-state index in [4.69, 9.17) is 14.2 Å². The fourth-order valence-corrected chi connectivity index (χ4v) is 1.73. The molecule has 0 radical (unpaired) electrons. The Morgan fingerprint density at radius 2 is 2.11 bits per heavy atom. The maximum absolute atomic E-state index is 12.1. The maximum atomic E-state index is 12.1. The zero-order chi connectivity index (χ0) is 12.8. The van der Waals surface area contributed by atoms with Gasteiger partial charge < -0.3 is 19.5 Å². The summed E-state index contributed by atoms with van der Waals surface area (Å²) in [6.45, 7) is 3.85. The van der Waals surface area contributed by atoms with E-state index in [1.165, 1.54) is 0 Å². The van der Waals surface area contributed by atoms with Gasteiger partial charge in [0.1, 0.15) is 5.75 Å². The molecule has 0 saturated heterocycles. The smallest absolute Gasteiger partial charge is 0.231 e. The third kappa shape index (κ3) is 3.04. The van der Waals surface area contributed by atoms with Crippen LogP contribution in [0.15, 0.2) is 12.1 Å². The predicted octanol–water partition coefficient (Wildman–Crippen LogP) is 2.26. The maximum Gasteiger partial charge on any atom is 0.231 e. The molecule has 0 aliphatic carbocycles. The van der Waals surface area contributed by atoms with Crippen molar-refractivity contribution >= 4 is 0 Å². The van der Waals surface area contributed by atoms with E-state index in [1.54, 1.807) is 0 Å². The Bertz CT molecular complexity index is 398. The zero-order valence-corrected chi connectivity index (χ0v) is 10.5. The van der Waals surface area contributed by atoms with Crippen LogP contribution in [-0.2, 0) is 6.54 Å². The van der Waals surface area contributed by atoms with Crippen LogP contribution in [0.5, 0.6) is 17.2 Å². The fourth-order valence-electron chi connectivity index (χ4n) is 1.73. The number of halogens is 1. The number of ether oxygens (including phenoxy) is 3. The Balaban J connectivity index is 2.12.